The Morgan fingerprint density at radius 1 is 1.11 bits per heavy atom. The lowest BCUT2D eigenvalue weighted by atomic mass is 10.2. The zero-order valence-electron chi connectivity index (χ0n) is 10.3. The van der Waals surface area contributed by atoms with Gasteiger partial charge in [0.1, 0.15) is 23.1 Å². The van der Waals surface area contributed by atoms with Gasteiger partial charge in [0.15, 0.2) is 0 Å². The van der Waals surface area contributed by atoms with Gasteiger partial charge in [0.05, 0.1) is 7.11 Å². The summed E-state index contributed by atoms with van der Waals surface area (Å²) in [5.74, 6) is -0.704. The maximum atomic E-state index is 13.0. The van der Waals surface area contributed by atoms with Crippen molar-refractivity contribution in [3.63, 3.8) is 0 Å². The highest BCUT2D eigenvalue weighted by Gasteiger charge is 2.04. The number of benzene rings is 2. The minimum absolute atomic E-state index is 0.0590. The molecule has 0 saturated heterocycles. The third kappa shape index (κ3) is 3.34. The molecule has 5 heteroatoms. The molecule has 0 aliphatic heterocycles. The molecule has 0 radical (unpaired) electrons. The molecule has 0 aliphatic carbocycles. The molecule has 100 valence electrons. The fraction of sp³-hybridized carbons (Fsp3) is 0.143. The number of methoxy groups -OCH3 is 1. The fourth-order valence-electron chi connectivity index (χ4n) is 1.67. The van der Waals surface area contributed by atoms with Crippen molar-refractivity contribution in [1.82, 2.24) is 0 Å². The van der Waals surface area contributed by atoms with Crippen LogP contribution >= 0.6 is 0 Å². The lowest BCUT2D eigenvalue weighted by molar-refractivity contribution is 0.406. The summed E-state index contributed by atoms with van der Waals surface area (Å²) in [5, 5.41) is 12.6. The van der Waals surface area contributed by atoms with Gasteiger partial charge in [-0.1, -0.05) is 0 Å². The van der Waals surface area contributed by atoms with Crippen LogP contribution in [0.1, 0.15) is 5.56 Å². The van der Waals surface area contributed by atoms with Crippen LogP contribution in [0.5, 0.6) is 11.5 Å². The first-order valence-corrected chi connectivity index (χ1v) is 5.64. The minimum Gasteiger partial charge on any atom is -0.507 e. The second kappa shape index (κ2) is 5.56. The summed E-state index contributed by atoms with van der Waals surface area (Å²) < 4.78 is 30.9. The van der Waals surface area contributed by atoms with Crippen LogP contribution in [0.2, 0.25) is 0 Å². The molecular formula is C14H13F2NO2. The van der Waals surface area contributed by atoms with Gasteiger partial charge < -0.3 is 15.2 Å². The highest BCUT2D eigenvalue weighted by Crippen LogP contribution is 2.24. The lowest BCUT2D eigenvalue weighted by Gasteiger charge is -2.09. The van der Waals surface area contributed by atoms with E-state index in [1.54, 1.807) is 12.1 Å². The number of hydrogen-bond donors (Lipinski definition) is 2. The zero-order chi connectivity index (χ0) is 13.8. The van der Waals surface area contributed by atoms with Crippen LogP contribution in [0.4, 0.5) is 14.5 Å². The van der Waals surface area contributed by atoms with E-state index >= 15 is 0 Å². The van der Waals surface area contributed by atoms with E-state index in [9.17, 15) is 13.9 Å². The van der Waals surface area contributed by atoms with Crippen LogP contribution in [0.3, 0.4) is 0 Å². The number of aromatic hydroxyl groups is 1. The van der Waals surface area contributed by atoms with Crippen LogP contribution < -0.4 is 10.1 Å². The van der Waals surface area contributed by atoms with Gasteiger partial charge in [-0.15, -0.1) is 0 Å². The molecule has 0 heterocycles. The summed E-state index contributed by atoms with van der Waals surface area (Å²) in [4.78, 5) is 0. The summed E-state index contributed by atoms with van der Waals surface area (Å²) in [7, 11) is 1.50. The zero-order valence-corrected chi connectivity index (χ0v) is 10.3. The van der Waals surface area contributed by atoms with E-state index in [1.807, 2.05) is 0 Å². The number of ether oxygens (including phenoxy) is 1. The van der Waals surface area contributed by atoms with Crippen molar-refractivity contribution in [3.05, 3.63) is 53.6 Å². The van der Waals surface area contributed by atoms with Crippen LogP contribution in [0.15, 0.2) is 36.4 Å². The van der Waals surface area contributed by atoms with Crippen LogP contribution in [-0.4, -0.2) is 12.2 Å². The fourth-order valence-corrected chi connectivity index (χ4v) is 1.67. The lowest BCUT2D eigenvalue weighted by Crippen LogP contribution is -2.01. The van der Waals surface area contributed by atoms with Gasteiger partial charge in [0.2, 0.25) is 0 Å². The Bertz CT molecular complexity index is 567. The third-order valence-corrected chi connectivity index (χ3v) is 2.64. The molecule has 0 atom stereocenters. The molecule has 19 heavy (non-hydrogen) atoms. The van der Waals surface area contributed by atoms with Crippen molar-refractivity contribution < 1.29 is 18.6 Å². The first-order chi connectivity index (χ1) is 9.08. The molecule has 0 saturated carbocycles. The van der Waals surface area contributed by atoms with Gasteiger partial charge in [-0.2, -0.15) is 0 Å². The van der Waals surface area contributed by atoms with Crippen molar-refractivity contribution in [3.8, 4) is 11.5 Å². The predicted octanol–water partition coefficient (Wildman–Crippen LogP) is 3.29. The molecule has 0 bridgehead atoms. The Morgan fingerprint density at radius 2 is 1.79 bits per heavy atom. The number of nitrogens with one attached hydrogen (secondary N) is 1. The second-order valence-corrected chi connectivity index (χ2v) is 4.01. The van der Waals surface area contributed by atoms with Gasteiger partial charge in [-0.05, 0) is 24.3 Å². The van der Waals surface area contributed by atoms with Crippen molar-refractivity contribution in [2.45, 2.75) is 6.54 Å². The highest BCUT2D eigenvalue weighted by molar-refractivity contribution is 5.47. The average Bonchev–Trinajstić information content (AvgIpc) is 2.36. The van der Waals surface area contributed by atoms with E-state index in [1.165, 1.54) is 25.3 Å². The van der Waals surface area contributed by atoms with E-state index in [0.29, 0.717) is 17.0 Å². The largest absolute Gasteiger partial charge is 0.507 e. The predicted molar refractivity (Wildman–Crippen MR) is 68.3 cm³/mol. The van der Waals surface area contributed by atoms with E-state index in [4.69, 9.17) is 4.74 Å². The van der Waals surface area contributed by atoms with Crippen LogP contribution in [-0.2, 0) is 6.54 Å². The maximum Gasteiger partial charge on any atom is 0.128 e. The molecule has 2 aromatic rings. The third-order valence-electron chi connectivity index (χ3n) is 2.64. The second-order valence-electron chi connectivity index (χ2n) is 4.01. The van der Waals surface area contributed by atoms with Gasteiger partial charge in [0, 0.05) is 29.9 Å². The topological polar surface area (TPSA) is 41.5 Å². The highest BCUT2D eigenvalue weighted by atomic mass is 19.1. The Balaban J connectivity index is 2.10. The normalized spacial score (nSPS) is 10.3. The Kier molecular flexibility index (Phi) is 3.85. The SMILES string of the molecule is COc1ccc(CNc2cc(F)cc(F)c2)c(O)c1. The number of anilines is 1. The number of phenolic OH excluding ortho intramolecular Hbond substituents is 1. The number of rotatable bonds is 4. The van der Waals surface area contributed by atoms with Gasteiger partial charge >= 0.3 is 0 Å². The van der Waals surface area contributed by atoms with E-state index in [2.05, 4.69) is 5.32 Å². The summed E-state index contributed by atoms with van der Waals surface area (Å²) in [6.45, 7) is 0.249. The molecule has 2 rings (SSSR count). The molecule has 0 aliphatic rings. The molecule has 2 N–H and O–H groups in total. The van der Waals surface area contributed by atoms with E-state index in [0.717, 1.165) is 6.07 Å². The number of phenols is 1. The summed E-state index contributed by atoms with van der Waals surface area (Å²) in [5.41, 5.74) is 0.915. The number of hydrogen-bond acceptors (Lipinski definition) is 3. The van der Waals surface area contributed by atoms with Crippen LogP contribution in [0, 0.1) is 11.6 Å². The molecule has 0 spiro atoms. The quantitative estimate of drug-likeness (QED) is 0.891. The summed E-state index contributed by atoms with van der Waals surface area (Å²) >= 11 is 0. The minimum atomic E-state index is -0.651. The van der Waals surface area contributed by atoms with Crippen molar-refractivity contribution >= 4 is 5.69 Å². The van der Waals surface area contributed by atoms with E-state index < -0.39 is 11.6 Å². The van der Waals surface area contributed by atoms with Gasteiger partial charge in [-0.25, -0.2) is 8.78 Å². The number of halogens is 2. The molecule has 0 fully saturated rings. The Labute approximate surface area is 109 Å². The molecule has 2 aromatic carbocycles. The van der Waals surface area contributed by atoms with Gasteiger partial charge in [-0.3, -0.25) is 0 Å². The maximum absolute atomic E-state index is 13.0. The molecule has 0 aromatic heterocycles. The standard InChI is InChI=1S/C14H13F2NO2/c1-19-13-3-2-9(14(18)7-13)8-17-12-5-10(15)4-11(16)6-12/h2-7,17-18H,8H2,1H3. The summed E-state index contributed by atoms with van der Waals surface area (Å²) in [6, 6.07) is 8.02. The molecule has 3 nitrogen and oxygen atoms in total. The monoisotopic (exact) mass is 265 g/mol. The molecule has 0 unspecified atom stereocenters. The van der Waals surface area contributed by atoms with Crippen LogP contribution in [0.25, 0.3) is 0 Å². The molecule has 0 amide bonds. The molecular weight excluding hydrogens is 252 g/mol. The summed E-state index contributed by atoms with van der Waals surface area (Å²) in [6.07, 6.45) is 0. The van der Waals surface area contributed by atoms with Gasteiger partial charge in [0.25, 0.3) is 0 Å². The van der Waals surface area contributed by atoms with Crippen molar-refractivity contribution in [2.24, 2.45) is 0 Å². The average molecular weight is 265 g/mol. The smallest absolute Gasteiger partial charge is 0.128 e. The first-order valence-electron chi connectivity index (χ1n) is 5.64. The van der Waals surface area contributed by atoms with E-state index in [-0.39, 0.29) is 12.3 Å². The first kappa shape index (κ1) is 13.1. The van der Waals surface area contributed by atoms with Crippen molar-refractivity contribution in [1.29, 1.82) is 0 Å². The Morgan fingerprint density at radius 3 is 2.37 bits per heavy atom. The van der Waals surface area contributed by atoms with Crippen molar-refractivity contribution in [2.75, 3.05) is 12.4 Å². The Hall–Kier alpha value is -2.30.